The molecule has 2 N–H and O–H groups in total. The predicted molar refractivity (Wildman–Crippen MR) is 80.6 cm³/mol. The summed E-state index contributed by atoms with van der Waals surface area (Å²) in [7, 11) is 0. The van der Waals surface area contributed by atoms with E-state index in [4.69, 9.17) is 5.73 Å². The molecule has 1 saturated heterocycles. The lowest BCUT2D eigenvalue weighted by molar-refractivity contribution is 0.331. The van der Waals surface area contributed by atoms with Gasteiger partial charge in [0.05, 0.1) is 0 Å². The Hall–Kier alpha value is 0.310. The fraction of sp³-hybridized carbons (Fsp3) is 1.00. The van der Waals surface area contributed by atoms with Crippen LogP contribution in [-0.4, -0.2) is 17.5 Å². The van der Waals surface area contributed by atoms with E-state index in [9.17, 15) is 0 Å². The zero-order valence-electron chi connectivity index (χ0n) is 11.8. The molecule has 0 spiro atoms. The third-order valence-electron chi connectivity index (χ3n) is 4.16. The molecule has 0 radical (unpaired) electrons. The Kier molecular flexibility index (Phi) is 8.38. The summed E-state index contributed by atoms with van der Waals surface area (Å²) in [5, 5.41) is 0. The molecule has 1 rings (SSSR count). The standard InChI is InChI=1S/C15H31NS/c1-3-5-6-13(4-2)11-15(16)12-14-7-9-17-10-8-14/h13-15H,3-12,16H2,1-2H3. The second-order valence-corrected chi connectivity index (χ2v) is 6.93. The van der Waals surface area contributed by atoms with Gasteiger partial charge in [-0.05, 0) is 49.0 Å². The average Bonchev–Trinajstić information content (AvgIpc) is 2.35. The van der Waals surface area contributed by atoms with Crippen LogP contribution in [0.3, 0.4) is 0 Å². The molecule has 0 bridgehead atoms. The van der Waals surface area contributed by atoms with Gasteiger partial charge in [-0.3, -0.25) is 0 Å². The highest BCUT2D eigenvalue weighted by molar-refractivity contribution is 7.99. The van der Waals surface area contributed by atoms with Gasteiger partial charge in [0.1, 0.15) is 0 Å². The molecule has 0 amide bonds. The Morgan fingerprint density at radius 3 is 2.53 bits per heavy atom. The van der Waals surface area contributed by atoms with E-state index >= 15 is 0 Å². The molecule has 0 aromatic heterocycles. The Morgan fingerprint density at radius 1 is 1.24 bits per heavy atom. The molecule has 0 aliphatic carbocycles. The molecule has 1 aliphatic heterocycles. The van der Waals surface area contributed by atoms with Gasteiger partial charge in [-0.2, -0.15) is 11.8 Å². The zero-order chi connectivity index (χ0) is 12.5. The average molecular weight is 257 g/mol. The third-order valence-corrected chi connectivity index (χ3v) is 5.21. The first-order valence-electron chi connectivity index (χ1n) is 7.59. The molecule has 0 saturated carbocycles. The molecular weight excluding hydrogens is 226 g/mol. The lowest BCUT2D eigenvalue weighted by atomic mass is 9.87. The van der Waals surface area contributed by atoms with Crippen LogP contribution in [0.4, 0.5) is 0 Å². The van der Waals surface area contributed by atoms with Crippen molar-refractivity contribution in [2.45, 2.75) is 71.3 Å². The van der Waals surface area contributed by atoms with Crippen LogP contribution < -0.4 is 5.73 Å². The molecule has 2 heteroatoms. The first-order valence-corrected chi connectivity index (χ1v) is 8.75. The minimum absolute atomic E-state index is 0.463. The summed E-state index contributed by atoms with van der Waals surface area (Å²) >= 11 is 2.11. The monoisotopic (exact) mass is 257 g/mol. The molecule has 2 unspecified atom stereocenters. The molecule has 1 fully saturated rings. The number of thioether (sulfide) groups is 1. The topological polar surface area (TPSA) is 26.0 Å². The largest absolute Gasteiger partial charge is 0.328 e. The molecule has 0 aromatic rings. The Bertz CT molecular complexity index is 178. The lowest BCUT2D eigenvalue weighted by Crippen LogP contribution is -2.28. The molecule has 17 heavy (non-hydrogen) atoms. The maximum Gasteiger partial charge on any atom is 0.00441 e. The van der Waals surface area contributed by atoms with Crippen LogP contribution in [-0.2, 0) is 0 Å². The number of hydrogen-bond donors (Lipinski definition) is 1. The highest BCUT2D eigenvalue weighted by Crippen LogP contribution is 2.28. The molecule has 1 nitrogen and oxygen atoms in total. The van der Waals surface area contributed by atoms with Gasteiger partial charge in [-0.1, -0.05) is 39.5 Å². The molecule has 2 atom stereocenters. The predicted octanol–water partition coefficient (Wildman–Crippen LogP) is 4.45. The van der Waals surface area contributed by atoms with Gasteiger partial charge in [0.25, 0.3) is 0 Å². The Balaban J connectivity index is 2.18. The van der Waals surface area contributed by atoms with E-state index in [0.29, 0.717) is 6.04 Å². The molecule has 102 valence electrons. The van der Waals surface area contributed by atoms with Gasteiger partial charge >= 0.3 is 0 Å². The van der Waals surface area contributed by atoms with Gasteiger partial charge in [0.15, 0.2) is 0 Å². The third kappa shape index (κ3) is 6.71. The minimum atomic E-state index is 0.463. The quantitative estimate of drug-likeness (QED) is 0.695. The highest BCUT2D eigenvalue weighted by atomic mass is 32.2. The lowest BCUT2D eigenvalue weighted by Gasteiger charge is -2.26. The fourth-order valence-corrected chi connectivity index (χ4v) is 4.12. The summed E-state index contributed by atoms with van der Waals surface area (Å²) in [5.74, 6) is 4.53. The maximum absolute atomic E-state index is 6.35. The smallest absolute Gasteiger partial charge is 0.00441 e. The van der Waals surface area contributed by atoms with Crippen LogP contribution in [0.1, 0.15) is 65.2 Å². The normalized spacial score (nSPS) is 21.4. The van der Waals surface area contributed by atoms with Crippen molar-refractivity contribution in [1.29, 1.82) is 0 Å². The van der Waals surface area contributed by atoms with E-state index in [1.807, 2.05) is 0 Å². The van der Waals surface area contributed by atoms with Crippen molar-refractivity contribution in [3.05, 3.63) is 0 Å². The zero-order valence-corrected chi connectivity index (χ0v) is 12.6. The Morgan fingerprint density at radius 2 is 1.94 bits per heavy atom. The maximum atomic E-state index is 6.35. The summed E-state index contributed by atoms with van der Waals surface area (Å²) < 4.78 is 0. The van der Waals surface area contributed by atoms with Crippen molar-refractivity contribution in [2.75, 3.05) is 11.5 Å². The van der Waals surface area contributed by atoms with E-state index in [-0.39, 0.29) is 0 Å². The van der Waals surface area contributed by atoms with Gasteiger partial charge in [0.2, 0.25) is 0 Å². The Labute approximate surface area is 112 Å². The summed E-state index contributed by atoms with van der Waals surface area (Å²) in [5.41, 5.74) is 6.35. The van der Waals surface area contributed by atoms with E-state index in [0.717, 1.165) is 11.8 Å². The van der Waals surface area contributed by atoms with Crippen molar-refractivity contribution in [3.8, 4) is 0 Å². The second-order valence-electron chi connectivity index (χ2n) is 5.70. The van der Waals surface area contributed by atoms with Crippen molar-refractivity contribution < 1.29 is 0 Å². The molecule has 1 heterocycles. The number of nitrogens with two attached hydrogens (primary N) is 1. The van der Waals surface area contributed by atoms with Crippen molar-refractivity contribution in [3.63, 3.8) is 0 Å². The number of hydrogen-bond acceptors (Lipinski definition) is 2. The SMILES string of the molecule is CCCCC(CC)CC(N)CC1CCSCC1. The summed E-state index contributed by atoms with van der Waals surface area (Å²) in [6, 6.07) is 0.463. The van der Waals surface area contributed by atoms with Crippen molar-refractivity contribution in [2.24, 2.45) is 17.6 Å². The van der Waals surface area contributed by atoms with E-state index in [1.54, 1.807) is 0 Å². The highest BCUT2D eigenvalue weighted by Gasteiger charge is 2.19. The fourth-order valence-electron chi connectivity index (χ4n) is 2.92. The van der Waals surface area contributed by atoms with Gasteiger partial charge in [0, 0.05) is 6.04 Å². The van der Waals surface area contributed by atoms with Crippen LogP contribution in [0.5, 0.6) is 0 Å². The second kappa shape index (κ2) is 9.27. The molecule has 0 aromatic carbocycles. The van der Waals surface area contributed by atoms with Crippen molar-refractivity contribution >= 4 is 11.8 Å². The summed E-state index contributed by atoms with van der Waals surface area (Å²) in [4.78, 5) is 0. The molecule has 1 aliphatic rings. The number of rotatable bonds is 8. The summed E-state index contributed by atoms with van der Waals surface area (Å²) in [6.07, 6.45) is 10.8. The first kappa shape index (κ1) is 15.4. The number of unbranched alkanes of at least 4 members (excludes halogenated alkanes) is 1. The molecular formula is C15H31NS. The van der Waals surface area contributed by atoms with E-state index < -0.39 is 0 Å². The van der Waals surface area contributed by atoms with Crippen LogP contribution in [0.2, 0.25) is 0 Å². The van der Waals surface area contributed by atoms with Crippen LogP contribution in [0, 0.1) is 11.8 Å². The van der Waals surface area contributed by atoms with Gasteiger partial charge in [-0.15, -0.1) is 0 Å². The van der Waals surface area contributed by atoms with Crippen LogP contribution in [0.15, 0.2) is 0 Å². The van der Waals surface area contributed by atoms with Crippen LogP contribution >= 0.6 is 11.8 Å². The van der Waals surface area contributed by atoms with Crippen molar-refractivity contribution in [1.82, 2.24) is 0 Å². The summed E-state index contributed by atoms with van der Waals surface area (Å²) in [6.45, 7) is 4.61. The van der Waals surface area contributed by atoms with E-state index in [2.05, 4.69) is 25.6 Å². The van der Waals surface area contributed by atoms with Gasteiger partial charge in [-0.25, -0.2) is 0 Å². The van der Waals surface area contributed by atoms with Gasteiger partial charge < -0.3 is 5.73 Å². The van der Waals surface area contributed by atoms with E-state index in [1.165, 1.54) is 62.9 Å². The first-order chi connectivity index (χ1) is 8.26. The van der Waals surface area contributed by atoms with Crippen LogP contribution in [0.25, 0.3) is 0 Å². The minimum Gasteiger partial charge on any atom is -0.328 e.